The molecule has 2 rings (SSSR count). The van der Waals surface area contributed by atoms with E-state index in [0.717, 1.165) is 11.4 Å². The molecule has 2 aromatic carbocycles. The van der Waals surface area contributed by atoms with Gasteiger partial charge in [0.1, 0.15) is 0 Å². The Morgan fingerprint density at radius 3 is 2.26 bits per heavy atom. The molecule has 1 N–H and O–H groups in total. The van der Waals surface area contributed by atoms with Gasteiger partial charge in [0, 0.05) is 23.0 Å². The van der Waals surface area contributed by atoms with Crippen LogP contribution in [0.2, 0.25) is 0 Å². The SMILES string of the molecule is CCOC(=O)c1ccc(NC(C)=CC(=O)c2ccccc2)cc1. The highest BCUT2D eigenvalue weighted by atomic mass is 16.5. The zero-order valence-corrected chi connectivity index (χ0v) is 13.2. The summed E-state index contributed by atoms with van der Waals surface area (Å²) in [7, 11) is 0. The number of carbonyl (C=O) groups is 2. The molecular weight excluding hydrogens is 290 g/mol. The van der Waals surface area contributed by atoms with E-state index >= 15 is 0 Å². The molecule has 118 valence electrons. The Balaban J connectivity index is 2.02. The molecule has 0 radical (unpaired) electrons. The first kappa shape index (κ1) is 16.5. The molecule has 0 heterocycles. The summed E-state index contributed by atoms with van der Waals surface area (Å²) in [6.45, 7) is 3.94. The van der Waals surface area contributed by atoms with Crippen LogP contribution < -0.4 is 5.32 Å². The van der Waals surface area contributed by atoms with E-state index in [-0.39, 0.29) is 11.8 Å². The fourth-order valence-electron chi connectivity index (χ4n) is 2.05. The highest BCUT2D eigenvalue weighted by molar-refractivity contribution is 6.05. The van der Waals surface area contributed by atoms with Gasteiger partial charge in [0.05, 0.1) is 12.2 Å². The van der Waals surface area contributed by atoms with Gasteiger partial charge in [0.25, 0.3) is 0 Å². The third-order valence-electron chi connectivity index (χ3n) is 3.14. The van der Waals surface area contributed by atoms with Crippen molar-refractivity contribution in [2.45, 2.75) is 13.8 Å². The van der Waals surface area contributed by atoms with Gasteiger partial charge in [-0.3, -0.25) is 4.79 Å². The van der Waals surface area contributed by atoms with Crippen molar-refractivity contribution in [3.63, 3.8) is 0 Å². The molecule has 4 nitrogen and oxygen atoms in total. The van der Waals surface area contributed by atoms with Crippen LogP contribution in [0.25, 0.3) is 0 Å². The molecule has 0 amide bonds. The summed E-state index contributed by atoms with van der Waals surface area (Å²) in [6, 6.07) is 16.0. The molecule has 0 aliphatic carbocycles. The molecule has 0 spiro atoms. The Hall–Kier alpha value is -2.88. The lowest BCUT2D eigenvalue weighted by Crippen LogP contribution is -2.05. The van der Waals surface area contributed by atoms with Gasteiger partial charge in [-0.25, -0.2) is 4.79 Å². The molecular formula is C19H19NO3. The van der Waals surface area contributed by atoms with Crippen molar-refractivity contribution in [1.82, 2.24) is 0 Å². The Bertz CT molecular complexity index is 703. The van der Waals surface area contributed by atoms with Crippen LogP contribution in [0.15, 0.2) is 66.4 Å². The second kappa shape index (κ2) is 7.94. The number of nitrogens with one attached hydrogen (secondary N) is 1. The average molecular weight is 309 g/mol. The molecule has 0 atom stereocenters. The zero-order chi connectivity index (χ0) is 16.7. The summed E-state index contributed by atoms with van der Waals surface area (Å²) < 4.78 is 4.94. The fraction of sp³-hybridized carbons (Fsp3) is 0.158. The quantitative estimate of drug-likeness (QED) is 0.496. The van der Waals surface area contributed by atoms with E-state index < -0.39 is 0 Å². The van der Waals surface area contributed by atoms with E-state index in [1.54, 1.807) is 49.4 Å². The lowest BCUT2D eigenvalue weighted by molar-refractivity contribution is 0.0526. The van der Waals surface area contributed by atoms with Gasteiger partial charge >= 0.3 is 5.97 Å². The molecule has 0 aromatic heterocycles. The van der Waals surface area contributed by atoms with Crippen molar-refractivity contribution in [1.29, 1.82) is 0 Å². The summed E-state index contributed by atoms with van der Waals surface area (Å²) in [5.74, 6) is -0.399. The lowest BCUT2D eigenvalue weighted by Gasteiger charge is -2.07. The monoisotopic (exact) mass is 309 g/mol. The molecule has 0 aliphatic rings. The largest absolute Gasteiger partial charge is 0.462 e. The number of rotatable bonds is 6. The van der Waals surface area contributed by atoms with E-state index in [9.17, 15) is 9.59 Å². The van der Waals surface area contributed by atoms with Crippen molar-refractivity contribution in [2.75, 3.05) is 11.9 Å². The van der Waals surface area contributed by atoms with Gasteiger partial charge in [-0.2, -0.15) is 0 Å². The molecule has 23 heavy (non-hydrogen) atoms. The van der Waals surface area contributed by atoms with Crippen molar-refractivity contribution >= 4 is 17.4 Å². The smallest absolute Gasteiger partial charge is 0.338 e. The second-order valence-corrected chi connectivity index (χ2v) is 4.98. The predicted molar refractivity (Wildman–Crippen MR) is 90.6 cm³/mol. The standard InChI is InChI=1S/C19H19NO3/c1-3-23-19(22)16-9-11-17(12-10-16)20-14(2)13-18(21)15-7-5-4-6-8-15/h4-13,20H,3H2,1-2H3. The first-order chi connectivity index (χ1) is 11.1. The van der Waals surface area contributed by atoms with Crippen molar-refractivity contribution in [3.05, 3.63) is 77.5 Å². The average Bonchev–Trinajstić information content (AvgIpc) is 2.56. The summed E-state index contributed by atoms with van der Waals surface area (Å²) in [4.78, 5) is 23.7. The molecule has 4 heteroatoms. The summed E-state index contributed by atoms with van der Waals surface area (Å²) in [5, 5.41) is 3.13. The molecule has 0 unspecified atom stereocenters. The van der Waals surface area contributed by atoms with E-state index in [2.05, 4.69) is 5.32 Å². The maximum atomic E-state index is 12.1. The van der Waals surface area contributed by atoms with Crippen molar-refractivity contribution in [2.24, 2.45) is 0 Å². The summed E-state index contributed by atoms with van der Waals surface area (Å²) >= 11 is 0. The zero-order valence-electron chi connectivity index (χ0n) is 13.2. The highest BCUT2D eigenvalue weighted by Gasteiger charge is 2.06. The van der Waals surface area contributed by atoms with Crippen LogP contribution in [-0.2, 0) is 4.74 Å². The molecule has 0 saturated heterocycles. The summed E-state index contributed by atoms with van der Waals surface area (Å²) in [6.07, 6.45) is 1.55. The van der Waals surface area contributed by atoms with Crippen molar-refractivity contribution < 1.29 is 14.3 Å². The highest BCUT2D eigenvalue weighted by Crippen LogP contribution is 2.13. The summed E-state index contributed by atoms with van der Waals surface area (Å²) in [5.41, 5.74) is 2.67. The van der Waals surface area contributed by atoms with Gasteiger partial charge < -0.3 is 10.1 Å². The van der Waals surface area contributed by atoms with Crippen LogP contribution in [0.3, 0.4) is 0 Å². The fourth-order valence-corrected chi connectivity index (χ4v) is 2.05. The first-order valence-corrected chi connectivity index (χ1v) is 7.42. The third kappa shape index (κ3) is 4.81. The molecule has 0 aliphatic heterocycles. The Labute approximate surface area is 135 Å². The molecule has 2 aromatic rings. The number of hydrogen-bond donors (Lipinski definition) is 1. The van der Waals surface area contributed by atoms with Crippen LogP contribution in [-0.4, -0.2) is 18.4 Å². The minimum atomic E-state index is -0.342. The van der Waals surface area contributed by atoms with E-state index in [4.69, 9.17) is 4.74 Å². The third-order valence-corrected chi connectivity index (χ3v) is 3.14. The number of benzene rings is 2. The second-order valence-electron chi connectivity index (χ2n) is 4.98. The predicted octanol–water partition coefficient (Wildman–Crippen LogP) is 4.06. The number of allylic oxidation sites excluding steroid dienone is 2. The van der Waals surface area contributed by atoms with Crippen LogP contribution in [0.4, 0.5) is 5.69 Å². The van der Waals surface area contributed by atoms with Crippen LogP contribution in [0.5, 0.6) is 0 Å². The van der Waals surface area contributed by atoms with Crippen LogP contribution in [0.1, 0.15) is 34.6 Å². The Morgan fingerprint density at radius 1 is 1.00 bits per heavy atom. The Morgan fingerprint density at radius 2 is 1.65 bits per heavy atom. The minimum absolute atomic E-state index is 0.0567. The maximum Gasteiger partial charge on any atom is 0.338 e. The normalized spacial score (nSPS) is 11.0. The number of carbonyl (C=O) groups excluding carboxylic acids is 2. The van der Waals surface area contributed by atoms with E-state index in [1.807, 2.05) is 25.1 Å². The molecule has 0 saturated carbocycles. The van der Waals surface area contributed by atoms with Gasteiger partial charge in [-0.05, 0) is 38.1 Å². The van der Waals surface area contributed by atoms with Crippen molar-refractivity contribution in [3.8, 4) is 0 Å². The number of hydrogen-bond acceptors (Lipinski definition) is 4. The van der Waals surface area contributed by atoms with Gasteiger partial charge in [-0.1, -0.05) is 30.3 Å². The number of anilines is 1. The van der Waals surface area contributed by atoms with Gasteiger partial charge in [-0.15, -0.1) is 0 Å². The lowest BCUT2D eigenvalue weighted by atomic mass is 10.1. The number of ketones is 1. The molecule has 0 fully saturated rings. The maximum absolute atomic E-state index is 12.1. The Kier molecular flexibility index (Phi) is 5.69. The topological polar surface area (TPSA) is 55.4 Å². The number of esters is 1. The van der Waals surface area contributed by atoms with E-state index in [0.29, 0.717) is 17.7 Å². The van der Waals surface area contributed by atoms with Gasteiger partial charge in [0.2, 0.25) is 0 Å². The van der Waals surface area contributed by atoms with E-state index in [1.165, 1.54) is 0 Å². The van der Waals surface area contributed by atoms with Gasteiger partial charge in [0.15, 0.2) is 5.78 Å². The minimum Gasteiger partial charge on any atom is -0.462 e. The van der Waals surface area contributed by atoms with Crippen LogP contribution >= 0.6 is 0 Å². The van der Waals surface area contributed by atoms with Crippen LogP contribution in [0, 0.1) is 0 Å². The number of ether oxygens (including phenoxy) is 1. The molecule has 0 bridgehead atoms. The first-order valence-electron chi connectivity index (χ1n) is 7.42.